The third-order valence-electron chi connectivity index (χ3n) is 3.37. The zero-order chi connectivity index (χ0) is 14.1. The average Bonchev–Trinajstić information content (AvgIpc) is 3.04. The summed E-state index contributed by atoms with van der Waals surface area (Å²) in [6, 6.07) is 11.9. The molecule has 0 radical (unpaired) electrons. The van der Waals surface area contributed by atoms with E-state index in [2.05, 4.69) is 17.2 Å². The van der Waals surface area contributed by atoms with Crippen molar-refractivity contribution >= 4 is 11.1 Å². The molecule has 4 heteroatoms. The Labute approximate surface area is 117 Å². The molecule has 0 fully saturated rings. The molecular formula is C16H18N2O2. The number of hydrogen-bond acceptors (Lipinski definition) is 4. The maximum Gasteiger partial charge on any atom is 0.212 e. The third kappa shape index (κ3) is 2.47. The highest BCUT2D eigenvalue weighted by molar-refractivity contribution is 5.72. The molecule has 4 nitrogen and oxygen atoms in total. The number of rotatable bonds is 4. The fraction of sp³-hybridized carbons (Fsp3) is 0.312. The van der Waals surface area contributed by atoms with Crippen molar-refractivity contribution in [3.63, 3.8) is 0 Å². The van der Waals surface area contributed by atoms with Crippen molar-refractivity contribution < 1.29 is 8.83 Å². The average molecular weight is 270 g/mol. The van der Waals surface area contributed by atoms with Crippen molar-refractivity contribution in [1.29, 1.82) is 0 Å². The second-order valence-corrected chi connectivity index (χ2v) is 5.08. The van der Waals surface area contributed by atoms with E-state index in [-0.39, 0.29) is 12.1 Å². The highest BCUT2D eigenvalue weighted by Gasteiger charge is 2.18. The van der Waals surface area contributed by atoms with E-state index in [4.69, 9.17) is 8.83 Å². The maximum atomic E-state index is 5.77. The molecule has 0 saturated heterocycles. The van der Waals surface area contributed by atoms with Crippen LogP contribution in [0.5, 0.6) is 0 Å². The van der Waals surface area contributed by atoms with Crippen LogP contribution in [0.1, 0.15) is 43.3 Å². The summed E-state index contributed by atoms with van der Waals surface area (Å²) in [6.45, 7) is 6.05. The van der Waals surface area contributed by atoms with Crippen LogP contribution < -0.4 is 5.32 Å². The molecule has 0 aliphatic carbocycles. The van der Waals surface area contributed by atoms with E-state index in [0.29, 0.717) is 5.89 Å². The lowest BCUT2D eigenvalue weighted by atomic mass is 10.2. The Bertz CT molecular complexity index is 681. The van der Waals surface area contributed by atoms with Crippen molar-refractivity contribution in [3.8, 4) is 0 Å². The summed E-state index contributed by atoms with van der Waals surface area (Å²) in [5.41, 5.74) is 1.70. The standard InChI is InChI=1S/C16H18N2O2/c1-10-8-9-14(19-10)11(2)17-12(3)16-18-13-6-4-5-7-15(13)20-16/h4-9,11-12,17H,1-3H3/t11-,12+/m0/s1. The number of benzene rings is 1. The fourth-order valence-corrected chi connectivity index (χ4v) is 2.29. The summed E-state index contributed by atoms with van der Waals surface area (Å²) in [5, 5.41) is 3.44. The summed E-state index contributed by atoms with van der Waals surface area (Å²) in [6.07, 6.45) is 0. The van der Waals surface area contributed by atoms with Gasteiger partial charge in [0.15, 0.2) is 5.58 Å². The highest BCUT2D eigenvalue weighted by atomic mass is 16.4. The van der Waals surface area contributed by atoms with Crippen LogP contribution in [0.4, 0.5) is 0 Å². The van der Waals surface area contributed by atoms with Crippen molar-refractivity contribution in [3.05, 3.63) is 53.8 Å². The minimum absolute atomic E-state index is 0.0165. The van der Waals surface area contributed by atoms with Gasteiger partial charge < -0.3 is 8.83 Å². The number of para-hydroxylation sites is 2. The topological polar surface area (TPSA) is 51.2 Å². The molecule has 104 valence electrons. The molecule has 20 heavy (non-hydrogen) atoms. The molecule has 0 aliphatic heterocycles. The first-order valence-electron chi connectivity index (χ1n) is 6.81. The number of aromatic nitrogens is 1. The van der Waals surface area contributed by atoms with Gasteiger partial charge >= 0.3 is 0 Å². The number of hydrogen-bond donors (Lipinski definition) is 1. The van der Waals surface area contributed by atoms with Crippen LogP contribution in [0.25, 0.3) is 11.1 Å². The first kappa shape index (κ1) is 12.9. The molecule has 2 heterocycles. The Balaban J connectivity index is 1.76. The number of nitrogens with zero attached hydrogens (tertiary/aromatic N) is 1. The number of furan rings is 1. The van der Waals surface area contributed by atoms with Gasteiger partial charge in [-0.3, -0.25) is 5.32 Å². The molecule has 0 amide bonds. The number of oxazole rings is 1. The van der Waals surface area contributed by atoms with Gasteiger partial charge in [-0.05, 0) is 45.0 Å². The summed E-state index contributed by atoms with van der Waals surface area (Å²) in [5.74, 6) is 2.54. The van der Waals surface area contributed by atoms with Crippen molar-refractivity contribution in [2.75, 3.05) is 0 Å². The summed E-state index contributed by atoms with van der Waals surface area (Å²) >= 11 is 0. The minimum atomic E-state index is 0.0165. The maximum absolute atomic E-state index is 5.77. The molecule has 1 aromatic carbocycles. The van der Waals surface area contributed by atoms with Gasteiger partial charge in [-0.1, -0.05) is 12.1 Å². The van der Waals surface area contributed by atoms with E-state index in [1.54, 1.807) is 0 Å². The van der Waals surface area contributed by atoms with Crippen LogP contribution in [0.15, 0.2) is 45.2 Å². The second-order valence-electron chi connectivity index (χ2n) is 5.08. The van der Waals surface area contributed by atoms with Gasteiger partial charge in [-0.25, -0.2) is 4.98 Å². The lowest BCUT2D eigenvalue weighted by Gasteiger charge is -2.15. The van der Waals surface area contributed by atoms with Gasteiger partial charge in [0.1, 0.15) is 17.0 Å². The smallest absolute Gasteiger partial charge is 0.212 e. The fourth-order valence-electron chi connectivity index (χ4n) is 2.29. The molecule has 0 aliphatic rings. The number of aryl methyl sites for hydroxylation is 1. The van der Waals surface area contributed by atoms with Crippen LogP contribution in [-0.2, 0) is 0 Å². The quantitative estimate of drug-likeness (QED) is 0.774. The predicted molar refractivity (Wildman–Crippen MR) is 77.4 cm³/mol. The molecule has 3 rings (SSSR count). The molecule has 0 saturated carbocycles. The Morgan fingerprint density at radius 1 is 1.00 bits per heavy atom. The van der Waals surface area contributed by atoms with Crippen LogP contribution >= 0.6 is 0 Å². The van der Waals surface area contributed by atoms with Gasteiger partial charge in [0.25, 0.3) is 0 Å². The van der Waals surface area contributed by atoms with E-state index in [9.17, 15) is 0 Å². The molecule has 0 unspecified atom stereocenters. The predicted octanol–water partition coefficient (Wildman–Crippen LogP) is 4.14. The molecular weight excluding hydrogens is 252 g/mol. The number of nitrogens with one attached hydrogen (secondary N) is 1. The summed E-state index contributed by atoms with van der Waals surface area (Å²) in [4.78, 5) is 4.50. The Kier molecular flexibility index (Phi) is 3.32. The zero-order valence-electron chi connectivity index (χ0n) is 11.9. The van der Waals surface area contributed by atoms with Gasteiger partial charge in [0.05, 0.1) is 12.1 Å². The SMILES string of the molecule is Cc1ccc([C@H](C)N[C@H](C)c2nc3ccccc3o2)o1. The van der Waals surface area contributed by atoms with E-state index in [1.807, 2.05) is 50.2 Å². The lowest BCUT2D eigenvalue weighted by molar-refractivity contribution is 0.360. The summed E-state index contributed by atoms with van der Waals surface area (Å²) < 4.78 is 11.4. The van der Waals surface area contributed by atoms with Crippen LogP contribution in [-0.4, -0.2) is 4.98 Å². The largest absolute Gasteiger partial charge is 0.465 e. The minimum Gasteiger partial charge on any atom is -0.465 e. The lowest BCUT2D eigenvalue weighted by Crippen LogP contribution is -2.22. The Morgan fingerprint density at radius 3 is 2.50 bits per heavy atom. The first-order chi connectivity index (χ1) is 9.63. The van der Waals surface area contributed by atoms with Gasteiger partial charge in [-0.2, -0.15) is 0 Å². The van der Waals surface area contributed by atoms with E-state index >= 15 is 0 Å². The highest BCUT2D eigenvalue weighted by Crippen LogP contribution is 2.23. The van der Waals surface area contributed by atoms with Gasteiger partial charge in [0.2, 0.25) is 5.89 Å². The third-order valence-corrected chi connectivity index (χ3v) is 3.37. The second kappa shape index (κ2) is 5.13. The molecule has 2 atom stereocenters. The van der Waals surface area contributed by atoms with Crippen molar-refractivity contribution in [2.24, 2.45) is 0 Å². The molecule has 0 spiro atoms. The Hall–Kier alpha value is -2.07. The van der Waals surface area contributed by atoms with Gasteiger partial charge in [-0.15, -0.1) is 0 Å². The molecule has 2 aromatic heterocycles. The number of fused-ring (bicyclic) bond motifs is 1. The monoisotopic (exact) mass is 270 g/mol. The van der Waals surface area contributed by atoms with E-state index in [0.717, 1.165) is 22.6 Å². The van der Waals surface area contributed by atoms with E-state index < -0.39 is 0 Å². The van der Waals surface area contributed by atoms with Crippen molar-refractivity contribution in [2.45, 2.75) is 32.9 Å². The van der Waals surface area contributed by atoms with Gasteiger partial charge in [0, 0.05) is 0 Å². The zero-order valence-corrected chi connectivity index (χ0v) is 11.9. The van der Waals surface area contributed by atoms with E-state index in [1.165, 1.54) is 0 Å². The molecule has 1 N–H and O–H groups in total. The van der Waals surface area contributed by atoms with Crippen molar-refractivity contribution in [1.82, 2.24) is 10.3 Å². The Morgan fingerprint density at radius 2 is 1.80 bits per heavy atom. The summed E-state index contributed by atoms with van der Waals surface area (Å²) in [7, 11) is 0. The van der Waals surface area contributed by atoms with Crippen LogP contribution in [0.3, 0.4) is 0 Å². The molecule has 0 bridgehead atoms. The normalized spacial score (nSPS) is 14.6. The molecule has 3 aromatic rings. The first-order valence-corrected chi connectivity index (χ1v) is 6.81. The van der Waals surface area contributed by atoms with Crippen LogP contribution in [0.2, 0.25) is 0 Å². The van der Waals surface area contributed by atoms with Crippen LogP contribution in [0, 0.1) is 6.92 Å².